The maximum Gasteiger partial charge on any atom is 0.238 e. The van der Waals surface area contributed by atoms with Gasteiger partial charge in [0, 0.05) is 12.3 Å². The number of halogens is 2. The minimum atomic E-state index is -0.600. The van der Waals surface area contributed by atoms with E-state index in [1.165, 1.54) is 12.1 Å². The molecule has 5 rings (SSSR count). The van der Waals surface area contributed by atoms with Crippen molar-refractivity contribution in [2.45, 2.75) is 19.3 Å². The fourth-order valence-corrected chi connectivity index (χ4v) is 4.44. The number of nitrogens with zero attached hydrogens (tertiary/aromatic N) is 1. The molecule has 1 heterocycles. The molecule has 4 aliphatic rings. The summed E-state index contributed by atoms with van der Waals surface area (Å²) < 4.78 is 13.3. The Morgan fingerprint density at radius 3 is 2.50 bits per heavy atom. The number of rotatable bonds is 1. The van der Waals surface area contributed by atoms with Crippen LogP contribution < -0.4 is 4.90 Å². The first-order valence-corrected chi connectivity index (χ1v) is 7.72. The molecule has 0 radical (unpaired) electrons. The van der Waals surface area contributed by atoms with E-state index >= 15 is 0 Å². The van der Waals surface area contributed by atoms with Gasteiger partial charge in [-0.1, -0.05) is 11.6 Å². The lowest BCUT2D eigenvalue weighted by molar-refractivity contribution is -0.143. The lowest BCUT2D eigenvalue weighted by Crippen LogP contribution is -2.46. The van der Waals surface area contributed by atoms with Gasteiger partial charge in [-0.15, -0.1) is 0 Å². The van der Waals surface area contributed by atoms with E-state index in [0.717, 1.165) is 17.4 Å². The summed E-state index contributed by atoms with van der Waals surface area (Å²) in [6.07, 6.45) is 1.89. The van der Waals surface area contributed by atoms with Crippen molar-refractivity contribution in [1.82, 2.24) is 0 Å². The Morgan fingerprint density at radius 1 is 1.09 bits per heavy atom. The molecule has 1 saturated heterocycles. The molecule has 4 atom stereocenters. The van der Waals surface area contributed by atoms with Crippen LogP contribution in [0.2, 0.25) is 5.02 Å². The highest BCUT2D eigenvalue weighted by atomic mass is 35.5. The Hall–Kier alpha value is -1.75. The van der Waals surface area contributed by atoms with Crippen molar-refractivity contribution in [2.75, 3.05) is 4.90 Å². The SMILES string of the molecule is O=C1C[C@@H]2CC[C@H]1[C@@H]1C(=O)N(c3ccc(F)c(Cl)c3)C(=O)[C@H]21. The number of carbonyl (C=O) groups excluding carboxylic acids is 3. The van der Waals surface area contributed by atoms with Crippen LogP contribution in [0.1, 0.15) is 19.3 Å². The first-order valence-electron chi connectivity index (χ1n) is 7.34. The quantitative estimate of drug-likeness (QED) is 0.747. The summed E-state index contributed by atoms with van der Waals surface area (Å²) in [5.41, 5.74) is 0.280. The summed E-state index contributed by atoms with van der Waals surface area (Å²) in [6.45, 7) is 0. The minimum absolute atomic E-state index is 0.0418. The highest BCUT2D eigenvalue weighted by Gasteiger charge is 2.60. The highest BCUT2D eigenvalue weighted by molar-refractivity contribution is 6.31. The number of hydrogen-bond donors (Lipinski definition) is 0. The molecule has 0 N–H and O–H groups in total. The number of benzene rings is 1. The minimum Gasteiger partial charge on any atom is -0.299 e. The van der Waals surface area contributed by atoms with Crippen LogP contribution in [-0.4, -0.2) is 17.6 Å². The van der Waals surface area contributed by atoms with Gasteiger partial charge in [-0.05, 0) is 37.0 Å². The maximum atomic E-state index is 13.3. The van der Waals surface area contributed by atoms with Crippen molar-refractivity contribution >= 4 is 34.9 Å². The molecule has 22 heavy (non-hydrogen) atoms. The van der Waals surface area contributed by atoms with Gasteiger partial charge >= 0.3 is 0 Å². The molecule has 2 bridgehead atoms. The second kappa shape index (κ2) is 4.62. The zero-order valence-corrected chi connectivity index (χ0v) is 12.3. The number of ketones is 1. The van der Waals surface area contributed by atoms with Crippen LogP contribution in [-0.2, 0) is 14.4 Å². The topological polar surface area (TPSA) is 54.5 Å². The van der Waals surface area contributed by atoms with Gasteiger partial charge in [0.05, 0.1) is 22.5 Å². The van der Waals surface area contributed by atoms with Crippen LogP contribution in [0.3, 0.4) is 0 Å². The molecule has 0 unspecified atom stereocenters. The van der Waals surface area contributed by atoms with Crippen LogP contribution in [0.5, 0.6) is 0 Å². The number of fused-ring (bicyclic) bond motifs is 2. The molecule has 1 aliphatic heterocycles. The van der Waals surface area contributed by atoms with Crippen molar-refractivity contribution in [3.05, 3.63) is 29.0 Å². The van der Waals surface area contributed by atoms with Crippen molar-refractivity contribution < 1.29 is 18.8 Å². The second-order valence-corrected chi connectivity index (χ2v) is 6.68. The molecule has 0 aromatic heterocycles. The van der Waals surface area contributed by atoms with E-state index in [1.807, 2.05) is 0 Å². The van der Waals surface area contributed by atoms with Gasteiger partial charge < -0.3 is 0 Å². The van der Waals surface area contributed by atoms with E-state index in [4.69, 9.17) is 11.6 Å². The summed E-state index contributed by atoms with van der Waals surface area (Å²) in [5.74, 6) is -2.47. The lowest BCUT2D eigenvalue weighted by Gasteiger charge is -2.41. The molecule has 0 spiro atoms. The number of imide groups is 1. The molecule has 3 saturated carbocycles. The van der Waals surface area contributed by atoms with Gasteiger partial charge in [-0.3, -0.25) is 14.4 Å². The molecule has 1 aromatic carbocycles. The Morgan fingerprint density at radius 2 is 1.82 bits per heavy atom. The van der Waals surface area contributed by atoms with Gasteiger partial charge in [0.25, 0.3) is 0 Å². The van der Waals surface area contributed by atoms with Crippen molar-refractivity contribution in [3.8, 4) is 0 Å². The predicted octanol–water partition coefficient (Wildman–Crippen LogP) is 2.58. The van der Waals surface area contributed by atoms with E-state index in [-0.39, 0.29) is 40.1 Å². The summed E-state index contributed by atoms with van der Waals surface area (Å²) >= 11 is 5.76. The van der Waals surface area contributed by atoms with E-state index in [1.54, 1.807) is 0 Å². The van der Waals surface area contributed by atoms with Gasteiger partial charge in [-0.25, -0.2) is 9.29 Å². The summed E-state index contributed by atoms with van der Waals surface area (Å²) in [6, 6.07) is 3.80. The Kier molecular flexibility index (Phi) is 2.92. The van der Waals surface area contributed by atoms with Gasteiger partial charge in [0.15, 0.2) is 0 Å². The lowest BCUT2D eigenvalue weighted by atomic mass is 9.59. The van der Waals surface area contributed by atoms with Crippen LogP contribution in [0.25, 0.3) is 0 Å². The van der Waals surface area contributed by atoms with Crippen molar-refractivity contribution in [2.24, 2.45) is 23.7 Å². The summed E-state index contributed by atoms with van der Waals surface area (Å²) in [7, 11) is 0. The van der Waals surface area contributed by atoms with E-state index in [2.05, 4.69) is 0 Å². The first kappa shape index (κ1) is 13.9. The highest BCUT2D eigenvalue weighted by Crippen LogP contribution is 2.52. The largest absolute Gasteiger partial charge is 0.299 e. The van der Waals surface area contributed by atoms with Crippen LogP contribution in [0, 0.1) is 29.5 Å². The normalized spacial score (nSPS) is 33.5. The Labute approximate surface area is 131 Å². The number of amides is 2. The van der Waals surface area contributed by atoms with Crippen LogP contribution in [0.15, 0.2) is 18.2 Å². The Bertz CT molecular complexity index is 719. The molecule has 6 heteroatoms. The second-order valence-electron chi connectivity index (χ2n) is 6.28. The molecule has 114 valence electrons. The summed E-state index contributed by atoms with van der Waals surface area (Å²) in [5, 5.41) is -0.132. The van der Waals surface area contributed by atoms with Gasteiger partial charge in [0.1, 0.15) is 11.6 Å². The van der Waals surface area contributed by atoms with Crippen molar-refractivity contribution in [3.63, 3.8) is 0 Å². The average molecular weight is 322 g/mol. The smallest absolute Gasteiger partial charge is 0.238 e. The Balaban J connectivity index is 1.77. The number of Topliss-reactive ketones (excluding diaryl/α,β-unsaturated/α-hetero) is 1. The standard InChI is InChI=1S/C16H13ClFNO3/c17-10-6-8(2-4-11(10)18)19-15(21)13-7-1-3-9(12(20)5-7)14(13)16(19)22/h2,4,6-7,9,13-14H,1,3,5H2/t7-,9+,13+,14-/m0/s1. The number of hydrogen-bond acceptors (Lipinski definition) is 3. The molecule has 2 amide bonds. The fraction of sp³-hybridized carbons (Fsp3) is 0.438. The maximum absolute atomic E-state index is 13.3. The predicted molar refractivity (Wildman–Crippen MR) is 76.7 cm³/mol. The zero-order valence-electron chi connectivity index (χ0n) is 11.6. The third-order valence-corrected chi connectivity index (χ3v) is 5.52. The molecule has 4 nitrogen and oxygen atoms in total. The third-order valence-electron chi connectivity index (χ3n) is 5.23. The van der Waals surface area contributed by atoms with Crippen LogP contribution in [0.4, 0.5) is 10.1 Å². The fourth-order valence-electron chi connectivity index (χ4n) is 4.26. The molecular formula is C16H13ClFNO3. The number of anilines is 1. The van der Waals surface area contributed by atoms with Gasteiger partial charge in [-0.2, -0.15) is 0 Å². The van der Waals surface area contributed by atoms with E-state index in [9.17, 15) is 18.8 Å². The molecular weight excluding hydrogens is 309 g/mol. The molecule has 4 fully saturated rings. The zero-order chi connectivity index (χ0) is 15.6. The first-order chi connectivity index (χ1) is 10.5. The van der Waals surface area contributed by atoms with E-state index < -0.39 is 17.7 Å². The van der Waals surface area contributed by atoms with Gasteiger partial charge in [0.2, 0.25) is 11.8 Å². The summed E-state index contributed by atoms with van der Waals surface area (Å²) in [4.78, 5) is 38.5. The average Bonchev–Trinajstić information content (AvgIpc) is 2.76. The number of carbonyl (C=O) groups is 3. The van der Waals surface area contributed by atoms with E-state index in [0.29, 0.717) is 12.8 Å². The van der Waals surface area contributed by atoms with Crippen LogP contribution >= 0.6 is 11.6 Å². The third kappa shape index (κ3) is 1.72. The van der Waals surface area contributed by atoms with Crippen molar-refractivity contribution in [1.29, 1.82) is 0 Å². The monoisotopic (exact) mass is 321 g/mol. The molecule has 1 aromatic rings. The molecule has 3 aliphatic carbocycles.